The van der Waals surface area contributed by atoms with Gasteiger partial charge < -0.3 is 34.3 Å². The molecule has 0 aromatic heterocycles. The topological polar surface area (TPSA) is 104 Å². The lowest BCUT2D eigenvalue weighted by Crippen LogP contribution is -2.59. The molecule has 0 unspecified atom stereocenters. The Kier molecular flexibility index (Phi) is 5.12. The predicted octanol–water partition coefficient (Wildman–Crippen LogP) is 1.14. The number of carbonyl (C=O) groups excluding carboxylic acids is 2. The van der Waals surface area contributed by atoms with Gasteiger partial charge in [-0.15, -0.1) is 0 Å². The van der Waals surface area contributed by atoms with Crippen LogP contribution in [0.15, 0.2) is 30.3 Å². The van der Waals surface area contributed by atoms with Crippen LogP contribution in [-0.2, 0) is 33.3 Å². The van der Waals surface area contributed by atoms with Gasteiger partial charge in [-0.2, -0.15) is 0 Å². The average molecular weight is 406 g/mol. The number of hydrogen-bond acceptors (Lipinski definition) is 7. The zero-order valence-electron chi connectivity index (χ0n) is 16.8. The number of rotatable bonds is 4. The van der Waals surface area contributed by atoms with Crippen molar-refractivity contribution in [3.8, 4) is 0 Å². The summed E-state index contributed by atoms with van der Waals surface area (Å²) in [5.41, 5.74) is 0.650. The van der Waals surface area contributed by atoms with Crippen LogP contribution in [-0.4, -0.2) is 60.6 Å². The molecule has 4 rings (SSSR count). The fraction of sp³-hybridized carbons (Fsp3) is 0.600. The van der Waals surface area contributed by atoms with Gasteiger partial charge in [-0.25, -0.2) is 0 Å². The third-order valence-electron chi connectivity index (χ3n) is 4.89. The zero-order chi connectivity index (χ0) is 20.8. The summed E-state index contributed by atoms with van der Waals surface area (Å²) in [4.78, 5) is 24.9. The molecule has 3 aliphatic rings. The van der Waals surface area contributed by atoms with Crippen molar-refractivity contribution in [3.05, 3.63) is 30.3 Å². The van der Waals surface area contributed by atoms with Crippen molar-refractivity contribution in [1.29, 1.82) is 0 Å². The van der Waals surface area contributed by atoms with Gasteiger partial charge in [0.2, 0.25) is 5.91 Å². The molecule has 1 aromatic rings. The van der Waals surface area contributed by atoms with Crippen molar-refractivity contribution in [3.63, 3.8) is 0 Å². The molecule has 0 saturated carbocycles. The van der Waals surface area contributed by atoms with Crippen molar-refractivity contribution < 1.29 is 33.3 Å². The molecule has 3 heterocycles. The summed E-state index contributed by atoms with van der Waals surface area (Å²) >= 11 is 0. The van der Waals surface area contributed by atoms with Crippen LogP contribution in [0, 0.1) is 0 Å². The molecule has 9 nitrogen and oxygen atoms in total. The van der Waals surface area contributed by atoms with Gasteiger partial charge in [0.05, 0.1) is 6.54 Å². The molecule has 3 aliphatic heterocycles. The fourth-order valence-corrected chi connectivity index (χ4v) is 3.82. The van der Waals surface area contributed by atoms with E-state index in [1.807, 2.05) is 18.2 Å². The highest BCUT2D eigenvalue weighted by atomic mass is 16.9. The number of fused-ring (bicyclic) bond motifs is 3. The minimum Gasteiger partial charge on any atom is -0.345 e. The van der Waals surface area contributed by atoms with Crippen LogP contribution < -0.4 is 10.6 Å². The number of ether oxygens (including phenoxy) is 5. The van der Waals surface area contributed by atoms with Gasteiger partial charge in [0.1, 0.15) is 18.3 Å². The van der Waals surface area contributed by atoms with Crippen LogP contribution in [0.5, 0.6) is 0 Å². The molecule has 2 amide bonds. The smallest absolute Gasteiger partial charge is 0.252 e. The monoisotopic (exact) mass is 406 g/mol. The number of hydrogen-bond donors (Lipinski definition) is 2. The van der Waals surface area contributed by atoms with E-state index in [1.165, 1.54) is 0 Å². The summed E-state index contributed by atoms with van der Waals surface area (Å²) in [6.45, 7) is 6.88. The number of carbonyl (C=O) groups is 2. The Hall–Kier alpha value is -2.04. The molecule has 29 heavy (non-hydrogen) atoms. The van der Waals surface area contributed by atoms with E-state index < -0.39 is 48.2 Å². The Morgan fingerprint density at radius 2 is 1.52 bits per heavy atom. The molecule has 1 aromatic carbocycles. The highest BCUT2D eigenvalue weighted by Crippen LogP contribution is 2.44. The second kappa shape index (κ2) is 7.33. The first-order valence-electron chi connectivity index (χ1n) is 9.63. The molecule has 3 saturated heterocycles. The quantitative estimate of drug-likeness (QED) is 0.773. The lowest BCUT2D eigenvalue weighted by Gasteiger charge is -2.36. The SMILES string of the molecule is CC1(C)O[C@@H]2O[C@H](C(=O)NCC(=O)Nc3ccccc3)[C@@H]3OC(C)(C)O[C@H]3[C@@H]2O1. The van der Waals surface area contributed by atoms with Crippen LogP contribution in [0.2, 0.25) is 0 Å². The van der Waals surface area contributed by atoms with Gasteiger partial charge >= 0.3 is 0 Å². The Labute approximate surface area is 169 Å². The van der Waals surface area contributed by atoms with Crippen LogP contribution in [0.1, 0.15) is 27.7 Å². The molecule has 5 atom stereocenters. The van der Waals surface area contributed by atoms with E-state index in [4.69, 9.17) is 23.7 Å². The molecule has 158 valence electrons. The van der Waals surface area contributed by atoms with Crippen LogP contribution in [0.3, 0.4) is 0 Å². The van der Waals surface area contributed by atoms with Gasteiger partial charge in [0, 0.05) is 5.69 Å². The number of anilines is 1. The molecular weight excluding hydrogens is 380 g/mol. The van der Waals surface area contributed by atoms with E-state index >= 15 is 0 Å². The summed E-state index contributed by atoms with van der Waals surface area (Å²) in [7, 11) is 0. The van der Waals surface area contributed by atoms with Gasteiger partial charge in [-0.3, -0.25) is 9.59 Å². The minimum absolute atomic E-state index is 0.202. The van der Waals surface area contributed by atoms with Gasteiger partial charge in [0.25, 0.3) is 5.91 Å². The van der Waals surface area contributed by atoms with Crippen molar-refractivity contribution in [1.82, 2.24) is 5.32 Å². The van der Waals surface area contributed by atoms with Crippen LogP contribution >= 0.6 is 0 Å². The number of benzene rings is 1. The molecule has 0 spiro atoms. The standard InChI is InChI=1S/C20H26N2O7/c1-19(2)26-13-14(27-19)16-18(29-20(3,4)28-16)25-15(13)17(24)21-10-12(23)22-11-8-6-5-7-9-11/h5-9,13-16,18H,10H2,1-4H3,(H,21,24)(H,22,23)/t13-,14-,15+,16+,18+/m1/s1. The Morgan fingerprint density at radius 3 is 2.24 bits per heavy atom. The Balaban J connectivity index is 1.41. The molecule has 0 aliphatic carbocycles. The van der Waals surface area contributed by atoms with Crippen molar-refractivity contribution >= 4 is 17.5 Å². The lowest BCUT2D eigenvalue weighted by molar-refractivity contribution is -0.231. The Bertz CT molecular complexity index is 782. The minimum atomic E-state index is -0.995. The predicted molar refractivity (Wildman–Crippen MR) is 101 cm³/mol. The summed E-state index contributed by atoms with van der Waals surface area (Å²) in [5, 5.41) is 5.32. The lowest BCUT2D eigenvalue weighted by atomic mass is 9.98. The third-order valence-corrected chi connectivity index (χ3v) is 4.89. The van der Waals surface area contributed by atoms with E-state index in [9.17, 15) is 9.59 Å². The maximum Gasteiger partial charge on any atom is 0.252 e. The first-order chi connectivity index (χ1) is 13.6. The normalized spacial score (nSPS) is 34.1. The summed E-state index contributed by atoms with van der Waals surface area (Å²) in [5.74, 6) is -2.58. The molecule has 0 radical (unpaired) electrons. The van der Waals surface area contributed by atoms with Crippen LogP contribution in [0.4, 0.5) is 5.69 Å². The zero-order valence-corrected chi connectivity index (χ0v) is 16.8. The van der Waals surface area contributed by atoms with Gasteiger partial charge in [-0.1, -0.05) is 18.2 Å². The highest BCUT2D eigenvalue weighted by Gasteiger charge is 2.62. The summed E-state index contributed by atoms with van der Waals surface area (Å²) < 4.78 is 29.4. The number of nitrogens with one attached hydrogen (secondary N) is 2. The third kappa shape index (κ3) is 4.29. The van der Waals surface area contributed by atoms with Gasteiger partial charge in [0.15, 0.2) is 24.0 Å². The molecule has 2 N–H and O–H groups in total. The summed E-state index contributed by atoms with van der Waals surface area (Å²) in [6, 6.07) is 9.00. The highest BCUT2D eigenvalue weighted by molar-refractivity contribution is 5.95. The van der Waals surface area contributed by atoms with E-state index in [2.05, 4.69) is 10.6 Å². The van der Waals surface area contributed by atoms with Crippen LogP contribution in [0.25, 0.3) is 0 Å². The number of para-hydroxylation sites is 1. The number of amides is 2. The van der Waals surface area contributed by atoms with E-state index in [-0.39, 0.29) is 12.5 Å². The van der Waals surface area contributed by atoms with Gasteiger partial charge in [-0.05, 0) is 39.8 Å². The average Bonchev–Trinajstić information content (AvgIpc) is 3.13. The Morgan fingerprint density at radius 1 is 0.897 bits per heavy atom. The molecule has 9 heteroatoms. The van der Waals surface area contributed by atoms with Crippen molar-refractivity contribution in [2.75, 3.05) is 11.9 Å². The molecular formula is C20H26N2O7. The van der Waals surface area contributed by atoms with Crippen molar-refractivity contribution in [2.24, 2.45) is 0 Å². The first kappa shape index (κ1) is 20.2. The second-order valence-corrected chi connectivity index (χ2v) is 8.22. The summed E-state index contributed by atoms with van der Waals surface area (Å²) in [6.07, 6.45) is -3.48. The second-order valence-electron chi connectivity index (χ2n) is 8.22. The maximum absolute atomic E-state index is 12.8. The van der Waals surface area contributed by atoms with E-state index in [0.29, 0.717) is 5.69 Å². The van der Waals surface area contributed by atoms with Crippen molar-refractivity contribution in [2.45, 2.75) is 70.0 Å². The molecule has 3 fully saturated rings. The first-order valence-corrected chi connectivity index (χ1v) is 9.63. The van der Waals surface area contributed by atoms with E-state index in [1.54, 1.807) is 39.8 Å². The fourth-order valence-electron chi connectivity index (χ4n) is 3.82. The maximum atomic E-state index is 12.8. The van der Waals surface area contributed by atoms with E-state index in [0.717, 1.165) is 0 Å². The largest absolute Gasteiger partial charge is 0.345 e. The molecule has 0 bridgehead atoms.